The lowest BCUT2D eigenvalue weighted by molar-refractivity contribution is 0.171. The number of nitrogens with zero attached hydrogens (tertiary/aromatic N) is 2. The summed E-state index contributed by atoms with van der Waals surface area (Å²) in [5.74, 6) is 1.71. The summed E-state index contributed by atoms with van der Waals surface area (Å²) in [6.07, 6.45) is 0.954. The molecule has 3 heterocycles. The second-order valence-electron chi connectivity index (χ2n) is 6.65. The molecule has 2 aliphatic heterocycles. The summed E-state index contributed by atoms with van der Waals surface area (Å²) in [6, 6.07) is 13.9. The van der Waals surface area contributed by atoms with Crippen LogP contribution in [0.25, 0.3) is 11.3 Å². The van der Waals surface area contributed by atoms with E-state index in [0.717, 1.165) is 59.4 Å². The first kappa shape index (κ1) is 15.7. The van der Waals surface area contributed by atoms with Crippen LogP contribution < -0.4 is 9.47 Å². The number of ether oxygens (including phenoxy) is 2. The van der Waals surface area contributed by atoms with Crippen molar-refractivity contribution in [2.45, 2.75) is 19.5 Å². The molecule has 5 nitrogen and oxygen atoms in total. The molecule has 0 atom stereocenters. The highest BCUT2D eigenvalue weighted by Crippen LogP contribution is 2.37. The molecule has 2 aromatic carbocycles. The molecular weight excluding hydrogens is 350 g/mol. The van der Waals surface area contributed by atoms with Gasteiger partial charge >= 0.3 is 0 Å². The van der Waals surface area contributed by atoms with Crippen LogP contribution in [0.5, 0.6) is 11.5 Å². The average molecular weight is 368 g/mol. The van der Waals surface area contributed by atoms with Crippen LogP contribution >= 0.6 is 11.6 Å². The van der Waals surface area contributed by atoms with Gasteiger partial charge in [-0.3, -0.25) is 10.00 Å². The van der Waals surface area contributed by atoms with E-state index in [2.05, 4.69) is 27.2 Å². The molecule has 0 saturated carbocycles. The Morgan fingerprint density at radius 3 is 3.00 bits per heavy atom. The first-order valence-corrected chi connectivity index (χ1v) is 9.07. The van der Waals surface area contributed by atoms with Gasteiger partial charge < -0.3 is 9.47 Å². The summed E-state index contributed by atoms with van der Waals surface area (Å²) in [5.41, 5.74) is 5.67. The van der Waals surface area contributed by atoms with Gasteiger partial charge in [0.25, 0.3) is 0 Å². The number of H-pyrrole nitrogens is 1. The van der Waals surface area contributed by atoms with Gasteiger partial charge in [0.15, 0.2) is 11.5 Å². The van der Waals surface area contributed by atoms with Gasteiger partial charge in [-0.25, -0.2) is 0 Å². The minimum atomic E-state index is 0.303. The molecule has 0 amide bonds. The summed E-state index contributed by atoms with van der Waals surface area (Å²) in [4.78, 5) is 2.42. The van der Waals surface area contributed by atoms with E-state index in [9.17, 15) is 0 Å². The van der Waals surface area contributed by atoms with Crippen molar-refractivity contribution in [1.82, 2.24) is 15.1 Å². The van der Waals surface area contributed by atoms with Gasteiger partial charge in [0.2, 0.25) is 6.79 Å². The summed E-state index contributed by atoms with van der Waals surface area (Å²) in [6.45, 7) is 2.95. The van der Waals surface area contributed by atoms with Crippen LogP contribution in [0.2, 0.25) is 5.02 Å². The number of halogens is 1. The number of hydrogen-bond acceptors (Lipinski definition) is 4. The van der Waals surface area contributed by atoms with Crippen LogP contribution in [-0.2, 0) is 19.5 Å². The fourth-order valence-corrected chi connectivity index (χ4v) is 3.91. The number of aromatic amines is 1. The predicted octanol–water partition coefficient (Wildman–Crippen LogP) is 4.02. The highest BCUT2D eigenvalue weighted by Gasteiger charge is 2.25. The molecule has 0 radical (unpaired) electrons. The topological polar surface area (TPSA) is 50.4 Å². The van der Waals surface area contributed by atoms with Crippen molar-refractivity contribution in [3.63, 3.8) is 0 Å². The number of para-hydroxylation sites is 1. The minimum absolute atomic E-state index is 0.303. The molecule has 0 bridgehead atoms. The molecule has 1 N–H and O–H groups in total. The first-order chi connectivity index (χ1) is 12.8. The van der Waals surface area contributed by atoms with Crippen LogP contribution in [0.15, 0.2) is 42.5 Å². The van der Waals surface area contributed by atoms with E-state index < -0.39 is 0 Å². The van der Waals surface area contributed by atoms with Gasteiger partial charge in [0.1, 0.15) is 0 Å². The Morgan fingerprint density at radius 1 is 1.15 bits per heavy atom. The second-order valence-corrected chi connectivity index (χ2v) is 7.09. The second kappa shape index (κ2) is 6.34. The molecule has 1 aromatic heterocycles. The Morgan fingerprint density at radius 2 is 2.08 bits per heavy atom. The molecule has 3 aromatic rings. The van der Waals surface area contributed by atoms with Crippen molar-refractivity contribution in [3.05, 3.63) is 64.3 Å². The Hall–Kier alpha value is -2.50. The first-order valence-electron chi connectivity index (χ1n) is 8.70. The third-order valence-electron chi connectivity index (χ3n) is 4.98. The summed E-state index contributed by atoms with van der Waals surface area (Å²) in [7, 11) is 0. The highest BCUT2D eigenvalue weighted by molar-refractivity contribution is 6.30. The molecule has 0 aliphatic carbocycles. The largest absolute Gasteiger partial charge is 0.454 e. The molecule has 5 rings (SSSR count). The minimum Gasteiger partial charge on any atom is -0.454 e. The van der Waals surface area contributed by atoms with Crippen molar-refractivity contribution >= 4 is 11.6 Å². The number of nitrogens with one attached hydrogen (secondary N) is 1. The Labute approximate surface area is 156 Å². The third-order valence-corrected chi connectivity index (χ3v) is 5.22. The van der Waals surface area contributed by atoms with Crippen molar-refractivity contribution < 1.29 is 9.47 Å². The Bertz CT molecular complexity index is 969. The van der Waals surface area contributed by atoms with E-state index in [4.69, 9.17) is 21.1 Å². The maximum atomic E-state index is 6.16. The SMILES string of the molecule is Clc1cccc(-c2n[nH]c3c2CN(Cc2cccc4c2OCO4)CC3)c1. The maximum absolute atomic E-state index is 6.16. The molecule has 0 fully saturated rings. The van der Waals surface area contributed by atoms with Crippen LogP contribution in [0.4, 0.5) is 0 Å². The van der Waals surface area contributed by atoms with Crippen molar-refractivity contribution in [3.8, 4) is 22.8 Å². The molecule has 132 valence electrons. The molecule has 2 aliphatic rings. The summed E-state index contributed by atoms with van der Waals surface area (Å²) < 4.78 is 11.1. The predicted molar refractivity (Wildman–Crippen MR) is 99.4 cm³/mol. The number of aromatic nitrogens is 2. The van der Waals surface area contributed by atoms with E-state index in [-0.39, 0.29) is 0 Å². The van der Waals surface area contributed by atoms with Gasteiger partial charge in [-0.2, -0.15) is 5.10 Å². The number of hydrogen-bond donors (Lipinski definition) is 1. The van der Waals surface area contributed by atoms with Crippen LogP contribution in [0.1, 0.15) is 16.8 Å². The van der Waals surface area contributed by atoms with Crippen LogP contribution in [-0.4, -0.2) is 28.4 Å². The van der Waals surface area contributed by atoms with Gasteiger partial charge in [0, 0.05) is 53.5 Å². The average Bonchev–Trinajstić information content (AvgIpc) is 3.29. The summed E-state index contributed by atoms with van der Waals surface area (Å²) >= 11 is 6.16. The fraction of sp³-hybridized carbons (Fsp3) is 0.250. The third kappa shape index (κ3) is 2.73. The molecule has 0 saturated heterocycles. The van der Waals surface area contributed by atoms with Crippen molar-refractivity contribution in [2.75, 3.05) is 13.3 Å². The highest BCUT2D eigenvalue weighted by atomic mass is 35.5. The van der Waals surface area contributed by atoms with E-state index in [0.29, 0.717) is 6.79 Å². The van der Waals surface area contributed by atoms with E-state index in [1.165, 1.54) is 11.3 Å². The van der Waals surface area contributed by atoms with Gasteiger partial charge in [-0.15, -0.1) is 0 Å². The number of benzene rings is 2. The van der Waals surface area contributed by atoms with Crippen molar-refractivity contribution in [1.29, 1.82) is 0 Å². The molecular formula is C20H18ClN3O2. The Balaban J connectivity index is 1.42. The van der Waals surface area contributed by atoms with E-state index in [1.807, 2.05) is 30.3 Å². The number of fused-ring (bicyclic) bond motifs is 2. The lowest BCUT2D eigenvalue weighted by Crippen LogP contribution is -2.30. The number of rotatable bonds is 3. The molecule has 0 unspecified atom stereocenters. The Kier molecular flexibility index (Phi) is 3.84. The van der Waals surface area contributed by atoms with Crippen molar-refractivity contribution in [2.24, 2.45) is 0 Å². The lowest BCUT2D eigenvalue weighted by atomic mass is 10.0. The zero-order chi connectivity index (χ0) is 17.5. The van der Waals surface area contributed by atoms with E-state index >= 15 is 0 Å². The van der Waals surface area contributed by atoms with Gasteiger partial charge in [-0.05, 0) is 18.2 Å². The van der Waals surface area contributed by atoms with Gasteiger partial charge in [-0.1, -0.05) is 35.9 Å². The summed E-state index contributed by atoms with van der Waals surface area (Å²) in [5, 5.41) is 8.49. The lowest BCUT2D eigenvalue weighted by Gasteiger charge is -2.27. The van der Waals surface area contributed by atoms with Crippen LogP contribution in [0.3, 0.4) is 0 Å². The normalized spacial score (nSPS) is 15.9. The zero-order valence-electron chi connectivity index (χ0n) is 14.2. The zero-order valence-corrected chi connectivity index (χ0v) is 14.9. The molecule has 0 spiro atoms. The van der Waals surface area contributed by atoms with Gasteiger partial charge in [0.05, 0.1) is 5.69 Å². The van der Waals surface area contributed by atoms with E-state index in [1.54, 1.807) is 0 Å². The maximum Gasteiger partial charge on any atom is 0.231 e. The standard InChI is InChI=1S/C20H18ClN3O2/c21-15-5-1-3-13(9-15)19-16-11-24(8-7-17(16)22-23-19)10-14-4-2-6-18-20(14)26-12-25-18/h1-6,9H,7-8,10-12H2,(H,22,23). The monoisotopic (exact) mass is 367 g/mol. The molecule has 6 heteroatoms. The van der Waals surface area contributed by atoms with Crippen LogP contribution in [0, 0.1) is 0 Å². The molecule has 26 heavy (non-hydrogen) atoms. The smallest absolute Gasteiger partial charge is 0.231 e. The fourth-order valence-electron chi connectivity index (χ4n) is 3.72. The quantitative estimate of drug-likeness (QED) is 0.759.